The second-order valence-electron chi connectivity index (χ2n) is 5.37. The first kappa shape index (κ1) is 13.0. The lowest BCUT2D eigenvalue weighted by Gasteiger charge is -2.12. The van der Waals surface area contributed by atoms with E-state index in [1.54, 1.807) is 14.2 Å². The molecule has 4 aromatic carbocycles. The molecular formula is C20H16O2. The lowest BCUT2D eigenvalue weighted by Crippen LogP contribution is -1.87. The van der Waals surface area contributed by atoms with Gasteiger partial charge in [0.2, 0.25) is 0 Å². The lowest BCUT2D eigenvalue weighted by molar-refractivity contribution is 0.415. The van der Waals surface area contributed by atoms with E-state index in [0.717, 1.165) is 11.5 Å². The molecule has 0 radical (unpaired) electrons. The highest BCUT2D eigenvalue weighted by Gasteiger charge is 2.10. The van der Waals surface area contributed by atoms with Gasteiger partial charge >= 0.3 is 0 Å². The first-order valence-corrected chi connectivity index (χ1v) is 7.28. The molecule has 0 fully saturated rings. The molecule has 0 aliphatic carbocycles. The Morgan fingerprint density at radius 3 is 1.41 bits per heavy atom. The van der Waals surface area contributed by atoms with E-state index in [2.05, 4.69) is 48.5 Å². The Morgan fingerprint density at radius 1 is 0.500 bits per heavy atom. The van der Waals surface area contributed by atoms with E-state index < -0.39 is 0 Å². The van der Waals surface area contributed by atoms with E-state index in [-0.39, 0.29) is 0 Å². The van der Waals surface area contributed by atoms with E-state index in [0.29, 0.717) is 0 Å². The van der Waals surface area contributed by atoms with Crippen LogP contribution in [0.1, 0.15) is 0 Å². The fraction of sp³-hybridized carbons (Fsp3) is 0.100. The maximum absolute atomic E-state index is 5.40. The molecule has 0 unspecified atom stereocenters. The molecule has 0 N–H and O–H groups in total. The summed E-state index contributed by atoms with van der Waals surface area (Å²) in [7, 11) is 3.40. The summed E-state index contributed by atoms with van der Waals surface area (Å²) in [6.45, 7) is 0. The molecule has 2 nitrogen and oxygen atoms in total. The average molecular weight is 288 g/mol. The molecule has 0 saturated heterocycles. The smallest absolute Gasteiger partial charge is 0.119 e. The Bertz CT molecular complexity index is 962. The van der Waals surface area contributed by atoms with Crippen molar-refractivity contribution in [2.24, 2.45) is 0 Å². The van der Waals surface area contributed by atoms with Crippen molar-refractivity contribution < 1.29 is 9.47 Å². The minimum absolute atomic E-state index is 0.875. The summed E-state index contributed by atoms with van der Waals surface area (Å²) in [6.07, 6.45) is 0. The van der Waals surface area contributed by atoms with Crippen LogP contribution in [0.4, 0.5) is 0 Å². The fourth-order valence-corrected chi connectivity index (χ4v) is 3.17. The molecular weight excluding hydrogens is 272 g/mol. The third-order valence-electron chi connectivity index (χ3n) is 4.25. The van der Waals surface area contributed by atoms with Crippen molar-refractivity contribution in [3.8, 4) is 11.5 Å². The Morgan fingerprint density at radius 2 is 0.909 bits per heavy atom. The van der Waals surface area contributed by atoms with Crippen LogP contribution >= 0.6 is 0 Å². The fourth-order valence-electron chi connectivity index (χ4n) is 3.17. The number of methoxy groups -OCH3 is 2. The zero-order valence-electron chi connectivity index (χ0n) is 12.6. The number of fused-ring (bicyclic) bond motifs is 6. The Hall–Kier alpha value is -2.74. The lowest BCUT2D eigenvalue weighted by atomic mass is 9.94. The minimum atomic E-state index is 0.875. The van der Waals surface area contributed by atoms with Crippen LogP contribution in [0.3, 0.4) is 0 Å². The maximum Gasteiger partial charge on any atom is 0.119 e. The largest absolute Gasteiger partial charge is 0.497 e. The Balaban J connectivity index is 2.28. The van der Waals surface area contributed by atoms with E-state index in [9.17, 15) is 0 Å². The van der Waals surface area contributed by atoms with Gasteiger partial charge in [-0.05, 0) is 56.6 Å². The molecule has 0 aliphatic heterocycles. The zero-order chi connectivity index (χ0) is 15.1. The summed E-state index contributed by atoms with van der Waals surface area (Å²) in [4.78, 5) is 0. The molecule has 4 aromatic rings. The molecule has 0 spiro atoms. The van der Waals surface area contributed by atoms with E-state index in [1.165, 1.54) is 32.3 Å². The third kappa shape index (κ3) is 1.81. The van der Waals surface area contributed by atoms with Crippen LogP contribution in [0, 0.1) is 0 Å². The van der Waals surface area contributed by atoms with Gasteiger partial charge in [0.1, 0.15) is 11.5 Å². The van der Waals surface area contributed by atoms with Crippen LogP contribution in [0.15, 0.2) is 60.7 Å². The van der Waals surface area contributed by atoms with E-state index in [1.807, 2.05) is 12.1 Å². The van der Waals surface area contributed by atoms with Gasteiger partial charge in [0.15, 0.2) is 0 Å². The van der Waals surface area contributed by atoms with Gasteiger partial charge in [-0.15, -0.1) is 0 Å². The SMILES string of the molecule is COc1ccc2c(c1)c1ccccc1c1ccc(OC)cc12. The van der Waals surface area contributed by atoms with Crippen LogP contribution in [-0.2, 0) is 0 Å². The van der Waals surface area contributed by atoms with Gasteiger partial charge in [-0.25, -0.2) is 0 Å². The molecule has 108 valence electrons. The summed E-state index contributed by atoms with van der Waals surface area (Å²) in [6, 6.07) is 21.0. The number of benzene rings is 4. The van der Waals surface area contributed by atoms with E-state index >= 15 is 0 Å². The minimum Gasteiger partial charge on any atom is -0.497 e. The monoisotopic (exact) mass is 288 g/mol. The Labute approximate surface area is 128 Å². The molecule has 0 heterocycles. The molecule has 0 amide bonds. The van der Waals surface area contributed by atoms with Crippen LogP contribution < -0.4 is 9.47 Å². The first-order chi connectivity index (χ1) is 10.8. The van der Waals surface area contributed by atoms with Crippen molar-refractivity contribution in [1.29, 1.82) is 0 Å². The molecule has 0 atom stereocenters. The van der Waals surface area contributed by atoms with Crippen LogP contribution in [0.2, 0.25) is 0 Å². The number of hydrogen-bond donors (Lipinski definition) is 0. The van der Waals surface area contributed by atoms with Gasteiger partial charge in [-0.2, -0.15) is 0 Å². The second kappa shape index (κ2) is 4.92. The van der Waals surface area contributed by atoms with Crippen LogP contribution in [-0.4, -0.2) is 14.2 Å². The van der Waals surface area contributed by atoms with Crippen molar-refractivity contribution in [1.82, 2.24) is 0 Å². The summed E-state index contributed by atoms with van der Waals surface area (Å²) >= 11 is 0. The van der Waals surface area contributed by atoms with E-state index in [4.69, 9.17) is 9.47 Å². The van der Waals surface area contributed by atoms with Gasteiger partial charge < -0.3 is 9.47 Å². The highest BCUT2D eigenvalue weighted by Crippen LogP contribution is 2.37. The molecule has 0 bridgehead atoms. The van der Waals surface area contributed by atoms with Crippen LogP contribution in [0.25, 0.3) is 32.3 Å². The molecule has 0 aromatic heterocycles. The maximum atomic E-state index is 5.40. The van der Waals surface area contributed by atoms with Crippen molar-refractivity contribution in [3.63, 3.8) is 0 Å². The molecule has 0 saturated carbocycles. The van der Waals surface area contributed by atoms with Crippen molar-refractivity contribution in [3.05, 3.63) is 60.7 Å². The molecule has 22 heavy (non-hydrogen) atoms. The van der Waals surface area contributed by atoms with Gasteiger partial charge in [-0.3, -0.25) is 0 Å². The number of hydrogen-bond acceptors (Lipinski definition) is 2. The highest BCUT2D eigenvalue weighted by molar-refractivity contribution is 6.25. The number of rotatable bonds is 2. The van der Waals surface area contributed by atoms with Crippen LogP contribution in [0.5, 0.6) is 11.5 Å². The van der Waals surface area contributed by atoms with Gasteiger partial charge in [0.25, 0.3) is 0 Å². The summed E-state index contributed by atoms with van der Waals surface area (Å²) in [5.41, 5.74) is 0. The van der Waals surface area contributed by atoms with Gasteiger partial charge in [0, 0.05) is 0 Å². The first-order valence-electron chi connectivity index (χ1n) is 7.28. The Kier molecular flexibility index (Phi) is 2.90. The topological polar surface area (TPSA) is 18.5 Å². The van der Waals surface area contributed by atoms with Gasteiger partial charge in [0.05, 0.1) is 14.2 Å². The summed E-state index contributed by atoms with van der Waals surface area (Å²) < 4.78 is 10.8. The average Bonchev–Trinajstić information content (AvgIpc) is 2.61. The van der Waals surface area contributed by atoms with Crippen molar-refractivity contribution >= 4 is 32.3 Å². The van der Waals surface area contributed by atoms with Crippen molar-refractivity contribution in [2.45, 2.75) is 0 Å². The third-order valence-corrected chi connectivity index (χ3v) is 4.25. The van der Waals surface area contributed by atoms with Crippen molar-refractivity contribution in [2.75, 3.05) is 14.2 Å². The summed E-state index contributed by atoms with van der Waals surface area (Å²) in [5.74, 6) is 1.75. The summed E-state index contributed by atoms with van der Waals surface area (Å²) in [5, 5.41) is 7.36. The van der Waals surface area contributed by atoms with Gasteiger partial charge in [-0.1, -0.05) is 36.4 Å². The second-order valence-corrected chi connectivity index (χ2v) is 5.37. The standard InChI is InChI=1S/C20H16O2/c1-21-13-7-9-17-15-5-3-4-6-16(15)19-11-14(22-2)8-10-18(19)20(17)12-13/h3-12H,1-2H3. The predicted octanol–water partition coefficient (Wildman–Crippen LogP) is 5.16. The number of ether oxygens (including phenoxy) is 2. The predicted molar refractivity (Wildman–Crippen MR) is 92.1 cm³/mol. The highest BCUT2D eigenvalue weighted by atomic mass is 16.5. The zero-order valence-corrected chi connectivity index (χ0v) is 12.6. The molecule has 0 aliphatic rings. The molecule has 2 heteroatoms. The quantitative estimate of drug-likeness (QED) is 0.474. The molecule has 4 rings (SSSR count). The normalized spacial score (nSPS) is 11.2.